The van der Waals surface area contributed by atoms with Gasteiger partial charge in [0.15, 0.2) is 29.9 Å². The molecule has 0 aromatic carbocycles. The normalized spacial score (nSPS) is 45.1. The second-order valence-corrected chi connectivity index (χ2v) is 14.6. The smallest absolute Gasteiger partial charge is 0.203 e. The van der Waals surface area contributed by atoms with Gasteiger partial charge in [0.25, 0.3) is 0 Å². The Balaban J connectivity index is 1.31. The number of hydrogen-bond donors (Lipinski definition) is 0. The highest BCUT2D eigenvalue weighted by atomic mass is 31.2. The van der Waals surface area contributed by atoms with Gasteiger partial charge < -0.3 is 47.2 Å². The third-order valence-electron chi connectivity index (χ3n) is 7.57. The van der Waals surface area contributed by atoms with Crippen LogP contribution in [0, 0.1) is 5.92 Å². The van der Waals surface area contributed by atoms with Crippen molar-refractivity contribution in [1.82, 2.24) is 0 Å². The van der Waals surface area contributed by atoms with Crippen molar-refractivity contribution in [2.24, 2.45) is 5.92 Å². The molecule has 5 aliphatic rings. The fourth-order valence-electron chi connectivity index (χ4n) is 6.20. The predicted molar refractivity (Wildman–Crippen MR) is 130 cm³/mol. The second kappa shape index (κ2) is 10.0. The van der Waals surface area contributed by atoms with Gasteiger partial charge in [-0.05, 0) is 54.9 Å². The summed E-state index contributed by atoms with van der Waals surface area (Å²) in [6, 6.07) is 0. The van der Waals surface area contributed by atoms with Crippen molar-refractivity contribution >= 4 is 7.37 Å². The predicted octanol–water partition coefficient (Wildman–Crippen LogP) is 3.23. The summed E-state index contributed by atoms with van der Waals surface area (Å²) in [4.78, 5) is 0. The number of hydrogen-bond acceptors (Lipinski definition) is 11. The minimum atomic E-state index is -3.15. The number of methoxy groups -OCH3 is 1. The Bertz CT molecular complexity index is 879. The van der Waals surface area contributed by atoms with Crippen LogP contribution in [-0.4, -0.2) is 99.2 Å². The summed E-state index contributed by atoms with van der Waals surface area (Å²) in [6.45, 7) is 13.8. The van der Waals surface area contributed by atoms with Crippen molar-refractivity contribution in [3.8, 4) is 0 Å². The third-order valence-corrected chi connectivity index (χ3v) is 10.2. The molecule has 5 saturated heterocycles. The molecule has 0 radical (unpaired) electrons. The zero-order valence-corrected chi connectivity index (χ0v) is 24.1. The van der Waals surface area contributed by atoms with E-state index in [2.05, 4.69) is 0 Å². The molecule has 5 rings (SSSR count). The van der Waals surface area contributed by atoms with E-state index in [-0.39, 0.29) is 36.5 Å². The van der Waals surface area contributed by atoms with Gasteiger partial charge in [-0.1, -0.05) is 0 Å². The van der Waals surface area contributed by atoms with Crippen molar-refractivity contribution in [2.45, 2.75) is 121 Å². The summed E-state index contributed by atoms with van der Waals surface area (Å²) in [5.74, 6) is -2.51. The van der Waals surface area contributed by atoms with Crippen LogP contribution in [0.15, 0.2) is 0 Å². The van der Waals surface area contributed by atoms with Crippen molar-refractivity contribution < 1.29 is 51.7 Å². The average Bonchev–Trinajstić information content (AvgIpc) is 3.53. The van der Waals surface area contributed by atoms with Gasteiger partial charge in [-0.15, -0.1) is 0 Å². The number of ether oxygens (including phenoxy) is 9. The Morgan fingerprint density at radius 2 is 1.51 bits per heavy atom. The van der Waals surface area contributed by atoms with E-state index in [1.165, 1.54) is 0 Å². The third kappa shape index (κ3) is 5.84. The SMILES string of the molecule is CCOP(=O)(CC[C@H]1O[C@@H](OC)[C@@H]2OC(C)(C)O[C@@H]21)C[C@H]1[C@H]2OC(C)(C)O[C@H]2O[C@@H]1[C@H]1COC(C)(C)O1. The van der Waals surface area contributed by atoms with Gasteiger partial charge in [0.05, 0.1) is 25.4 Å². The van der Waals surface area contributed by atoms with Gasteiger partial charge in [-0.3, -0.25) is 4.57 Å². The summed E-state index contributed by atoms with van der Waals surface area (Å²) < 4.78 is 74.5. The molecule has 0 aromatic rings. The molecule has 5 fully saturated rings. The van der Waals surface area contributed by atoms with Crippen LogP contribution >= 0.6 is 7.37 Å². The van der Waals surface area contributed by atoms with Crippen LogP contribution in [-0.2, 0) is 51.7 Å². The van der Waals surface area contributed by atoms with Crippen LogP contribution < -0.4 is 0 Å². The summed E-state index contributed by atoms with van der Waals surface area (Å²) in [7, 11) is -1.56. The molecular formula is C25H43O11P. The summed E-state index contributed by atoms with van der Waals surface area (Å²) in [6.07, 6.45) is -2.14. The molecule has 0 aliphatic carbocycles. The lowest BCUT2D eigenvalue weighted by molar-refractivity contribution is -0.227. The molecule has 5 aliphatic heterocycles. The average molecular weight is 551 g/mol. The molecule has 5 heterocycles. The number of rotatable bonds is 9. The lowest BCUT2D eigenvalue weighted by atomic mass is 9.97. The van der Waals surface area contributed by atoms with E-state index in [9.17, 15) is 4.57 Å². The molecule has 0 amide bonds. The van der Waals surface area contributed by atoms with Gasteiger partial charge in [0.1, 0.15) is 24.4 Å². The Hall–Kier alpha value is -0.170. The Labute approximate surface area is 219 Å². The molecule has 214 valence electrons. The summed E-state index contributed by atoms with van der Waals surface area (Å²) in [5.41, 5.74) is 0. The van der Waals surface area contributed by atoms with E-state index in [1.807, 2.05) is 48.5 Å². The monoisotopic (exact) mass is 550 g/mol. The lowest BCUT2D eigenvalue weighted by Gasteiger charge is -2.31. The number of fused-ring (bicyclic) bond motifs is 2. The van der Waals surface area contributed by atoms with Gasteiger partial charge in [-0.2, -0.15) is 0 Å². The first-order valence-corrected chi connectivity index (χ1v) is 15.3. The standard InChI is InChI=1S/C25H43O11P/c1-9-29-37(26,11-10-15-19-20(21(27-8)30-15)35-24(4,5)34-19)13-14-17(16-12-28-23(2,3)32-16)31-22-18(14)33-25(6,7)36-22/h14-22H,9-13H2,1-8H3/t14-,15-,16-,17+,18-,19-,20-,21-,22-,37?/m1/s1. The van der Waals surface area contributed by atoms with Crippen LogP contribution in [0.1, 0.15) is 54.9 Å². The van der Waals surface area contributed by atoms with Crippen molar-refractivity contribution in [3.05, 3.63) is 0 Å². The van der Waals surface area contributed by atoms with Crippen LogP contribution in [0.25, 0.3) is 0 Å². The van der Waals surface area contributed by atoms with E-state index < -0.39 is 49.5 Å². The first-order chi connectivity index (χ1) is 17.2. The maximum absolute atomic E-state index is 14.3. The van der Waals surface area contributed by atoms with Gasteiger partial charge in [-0.25, -0.2) is 0 Å². The van der Waals surface area contributed by atoms with Crippen molar-refractivity contribution in [3.63, 3.8) is 0 Å². The first kappa shape index (κ1) is 28.4. The van der Waals surface area contributed by atoms with E-state index in [1.54, 1.807) is 7.11 Å². The summed E-state index contributed by atoms with van der Waals surface area (Å²) in [5, 5.41) is 0. The van der Waals surface area contributed by atoms with E-state index in [4.69, 9.17) is 47.2 Å². The van der Waals surface area contributed by atoms with Gasteiger partial charge >= 0.3 is 0 Å². The highest BCUT2D eigenvalue weighted by Gasteiger charge is 2.60. The molecule has 0 N–H and O–H groups in total. The molecule has 0 saturated carbocycles. The minimum Gasteiger partial charge on any atom is -0.353 e. The zero-order chi connectivity index (χ0) is 26.8. The molecule has 37 heavy (non-hydrogen) atoms. The second-order valence-electron chi connectivity index (χ2n) is 11.9. The fraction of sp³-hybridized carbons (Fsp3) is 1.00. The molecular weight excluding hydrogens is 507 g/mol. The maximum Gasteiger partial charge on any atom is 0.203 e. The Morgan fingerprint density at radius 3 is 2.16 bits per heavy atom. The molecule has 0 bridgehead atoms. The molecule has 0 spiro atoms. The highest BCUT2D eigenvalue weighted by Crippen LogP contribution is 2.55. The molecule has 1 unspecified atom stereocenters. The largest absolute Gasteiger partial charge is 0.353 e. The molecule has 0 aromatic heterocycles. The fourth-order valence-corrected chi connectivity index (χ4v) is 8.79. The van der Waals surface area contributed by atoms with Crippen molar-refractivity contribution in [2.75, 3.05) is 32.6 Å². The Morgan fingerprint density at radius 1 is 0.838 bits per heavy atom. The van der Waals surface area contributed by atoms with E-state index >= 15 is 0 Å². The quantitative estimate of drug-likeness (QED) is 0.395. The van der Waals surface area contributed by atoms with Crippen LogP contribution in [0.2, 0.25) is 0 Å². The first-order valence-electron chi connectivity index (χ1n) is 13.3. The van der Waals surface area contributed by atoms with Crippen LogP contribution in [0.4, 0.5) is 0 Å². The molecule has 10 atom stereocenters. The molecule has 11 nitrogen and oxygen atoms in total. The minimum absolute atomic E-state index is 0.263. The summed E-state index contributed by atoms with van der Waals surface area (Å²) >= 11 is 0. The molecule has 12 heteroatoms. The lowest BCUT2D eigenvalue weighted by Crippen LogP contribution is -2.41. The van der Waals surface area contributed by atoms with Crippen LogP contribution in [0.3, 0.4) is 0 Å². The maximum atomic E-state index is 14.3. The van der Waals surface area contributed by atoms with Gasteiger partial charge in [0.2, 0.25) is 7.37 Å². The van der Waals surface area contributed by atoms with E-state index in [0.29, 0.717) is 25.8 Å². The van der Waals surface area contributed by atoms with Gasteiger partial charge in [0, 0.05) is 25.4 Å². The Kier molecular flexibility index (Phi) is 7.69. The zero-order valence-electron chi connectivity index (χ0n) is 23.2. The highest BCUT2D eigenvalue weighted by molar-refractivity contribution is 7.59. The van der Waals surface area contributed by atoms with E-state index in [0.717, 1.165) is 0 Å². The van der Waals surface area contributed by atoms with Crippen LogP contribution in [0.5, 0.6) is 0 Å². The topological polar surface area (TPSA) is 109 Å². The van der Waals surface area contributed by atoms with Crippen molar-refractivity contribution in [1.29, 1.82) is 0 Å².